The van der Waals surface area contributed by atoms with Gasteiger partial charge in [-0.25, -0.2) is 18.7 Å². The van der Waals surface area contributed by atoms with Crippen LogP contribution >= 0.6 is 22.6 Å². The second-order valence-electron chi connectivity index (χ2n) is 2.79. The highest BCUT2D eigenvalue weighted by Gasteiger charge is 2.25. The molecule has 0 saturated heterocycles. The molecule has 0 aliphatic heterocycles. The quantitative estimate of drug-likeness (QED) is 0.868. The summed E-state index contributed by atoms with van der Waals surface area (Å²) < 4.78 is 26.5. The average molecular weight is 313 g/mol. The highest BCUT2D eigenvalue weighted by Crippen LogP contribution is 2.17. The number of hydrogen-bond acceptors (Lipinski definition) is 3. The molecule has 1 heterocycles. The van der Waals surface area contributed by atoms with Gasteiger partial charge >= 0.3 is 0 Å². The second-order valence-corrected chi connectivity index (χ2v) is 4.03. The lowest BCUT2D eigenvalue weighted by molar-refractivity contribution is 0.0114. The lowest BCUT2D eigenvalue weighted by atomic mass is 10.2. The van der Waals surface area contributed by atoms with Gasteiger partial charge in [0.25, 0.3) is 5.92 Å². The fraction of sp³-hybridized carbons (Fsp3) is 0.500. The van der Waals surface area contributed by atoms with Crippen molar-refractivity contribution in [1.82, 2.24) is 9.97 Å². The van der Waals surface area contributed by atoms with E-state index in [2.05, 4.69) is 15.3 Å². The van der Waals surface area contributed by atoms with E-state index in [9.17, 15) is 8.78 Å². The SMILES string of the molecule is CCC(F)(F)CNc1ncc(I)cn1. The van der Waals surface area contributed by atoms with Crippen molar-refractivity contribution < 1.29 is 8.78 Å². The molecule has 0 saturated carbocycles. The van der Waals surface area contributed by atoms with Crippen LogP contribution < -0.4 is 5.32 Å². The summed E-state index contributed by atoms with van der Waals surface area (Å²) in [5.41, 5.74) is 0. The maximum Gasteiger partial charge on any atom is 0.264 e. The van der Waals surface area contributed by atoms with Crippen LogP contribution in [-0.4, -0.2) is 22.4 Å². The van der Waals surface area contributed by atoms with E-state index in [1.807, 2.05) is 22.6 Å². The molecular formula is C8H10F2IN3. The van der Waals surface area contributed by atoms with Crippen molar-refractivity contribution in [1.29, 1.82) is 0 Å². The van der Waals surface area contributed by atoms with Crippen LogP contribution in [-0.2, 0) is 0 Å². The van der Waals surface area contributed by atoms with E-state index in [0.29, 0.717) is 0 Å². The van der Waals surface area contributed by atoms with E-state index in [1.165, 1.54) is 6.92 Å². The minimum atomic E-state index is -2.70. The zero-order chi connectivity index (χ0) is 10.6. The van der Waals surface area contributed by atoms with E-state index in [1.54, 1.807) is 12.4 Å². The van der Waals surface area contributed by atoms with Crippen LogP contribution in [0, 0.1) is 3.57 Å². The van der Waals surface area contributed by atoms with Crippen LogP contribution in [0.5, 0.6) is 0 Å². The monoisotopic (exact) mass is 313 g/mol. The van der Waals surface area contributed by atoms with Gasteiger partial charge in [0, 0.05) is 22.4 Å². The molecule has 6 heteroatoms. The Kier molecular flexibility index (Phi) is 3.97. The van der Waals surface area contributed by atoms with Crippen molar-refractivity contribution in [2.45, 2.75) is 19.3 Å². The van der Waals surface area contributed by atoms with Gasteiger partial charge < -0.3 is 5.32 Å². The summed E-state index contributed by atoms with van der Waals surface area (Å²) in [6.07, 6.45) is 2.95. The molecule has 0 atom stereocenters. The third-order valence-electron chi connectivity index (χ3n) is 1.64. The molecular weight excluding hydrogens is 303 g/mol. The maximum absolute atomic E-state index is 12.8. The van der Waals surface area contributed by atoms with Crippen LogP contribution in [0.1, 0.15) is 13.3 Å². The van der Waals surface area contributed by atoms with Crippen molar-refractivity contribution in [2.75, 3.05) is 11.9 Å². The zero-order valence-corrected chi connectivity index (χ0v) is 9.75. The Hall–Kier alpha value is -0.530. The van der Waals surface area contributed by atoms with Gasteiger partial charge in [0.15, 0.2) is 0 Å². The molecule has 0 aromatic carbocycles. The van der Waals surface area contributed by atoms with Crippen LogP contribution in [0.3, 0.4) is 0 Å². The normalized spacial score (nSPS) is 11.4. The first-order valence-electron chi connectivity index (χ1n) is 4.13. The predicted molar refractivity (Wildman–Crippen MR) is 58.5 cm³/mol. The first-order valence-corrected chi connectivity index (χ1v) is 5.20. The van der Waals surface area contributed by atoms with Crippen LogP contribution in [0.15, 0.2) is 12.4 Å². The summed E-state index contributed by atoms with van der Waals surface area (Å²) in [6, 6.07) is 0. The van der Waals surface area contributed by atoms with Gasteiger partial charge in [-0.15, -0.1) is 0 Å². The molecule has 0 bridgehead atoms. The number of hydrogen-bond donors (Lipinski definition) is 1. The molecule has 0 unspecified atom stereocenters. The number of nitrogens with one attached hydrogen (secondary N) is 1. The van der Waals surface area contributed by atoms with E-state index in [4.69, 9.17) is 0 Å². The molecule has 0 radical (unpaired) electrons. The van der Waals surface area contributed by atoms with Crippen molar-refractivity contribution >= 4 is 28.5 Å². The fourth-order valence-corrected chi connectivity index (χ4v) is 1.02. The van der Waals surface area contributed by atoms with E-state index in [-0.39, 0.29) is 12.4 Å². The molecule has 3 nitrogen and oxygen atoms in total. The highest BCUT2D eigenvalue weighted by molar-refractivity contribution is 14.1. The maximum atomic E-state index is 12.8. The smallest absolute Gasteiger partial charge is 0.264 e. The Labute approximate surface area is 94.5 Å². The second kappa shape index (κ2) is 4.81. The molecule has 0 amide bonds. The molecule has 0 aliphatic rings. The van der Waals surface area contributed by atoms with Crippen molar-refractivity contribution in [2.24, 2.45) is 0 Å². The minimum absolute atomic E-state index is 0.190. The molecule has 78 valence electrons. The zero-order valence-electron chi connectivity index (χ0n) is 7.60. The average Bonchev–Trinajstić information content (AvgIpc) is 2.17. The molecule has 0 fully saturated rings. The van der Waals surface area contributed by atoms with Crippen molar-refractivity contribution in [3.8, 4) is 0 Å². The third-order valence-corrected chi connectivity index (χ3v) is 2.20. The van der Waals surface area contributed by atoms with Gasteiger partial charge in [-0.1, -0.05) is 6.92 Å². The number of rotatable bonds is 4. The fourth-order valence-electron chi connectivity index (χ4n) is 0.737. The number of nitrogens with zero attached hydrogens (tertiary/aromatic N) is 2. The number of aromatic nitrogens is 2. The van der Waals surface area contributed by atoms with Gasteiger partial charge in [0.05, 0.1) is 6.54 Å². The van der Waals surface area contributed by atoms with Crippen LogP contribution in [0.4, 0.5) is 14.7 Å². The molecule has 1 aromatic heterocycles. The lowest BCUT2D eigenvalue weighted by Gasteiger charge is -2.14. The molecule has 0 spiro atoms. The Balaban J connectivity index is 2.50. The summed E-state index contributed by atoms with van der Waals surface area (Å²) in [5.74, 6) is -2.47. The van der Waals surface area contributed by atoms with Gasteiger partial charge in [0.1, 0.15) is 0 Å². The third kappa shape index (κ3) is 3.69. The topological polar surface area (TPSA) is 37.8 Å². The van der Waals surface area contributed by atoms with Gasteiger partial charge in [-0.2, -0.15) is 0 Å². The molecule has 1 N–H and O–H groups in total. The largest absolute Gasteiger partial charge is 0.348 e. The summed E-state index contributed by atoms with van der Waals surface area (Å²) >= 11 is 2.05. The number of anilines is 1. The lowest BCUT2D eigenvalue weighted by Crippen LogP contribution is -2.26. The Bertz CT molecular complexity index is 289. The standard InChI is InChI=1S/C8H10F2IN3/c1-2-8(9,10)5-14-7-12-3-6(11)4-13-7/h3-4H,2,5H2,1H3,(H,12,13,14). The number of alkyl halides is 2. The Morgan fingerprint density at radius 1 is 1.43 bits per heavy atom. The van der Waals surface area contributed by atoms with Gasteiger partial charge in [-0.05, 0) is 22.6 Å². The van der Waals surface area contributed by atoms with Crippen LogP contribution in [0.2, 0.25) is 0 Å². The van der Waals surface area contributed by atoms with E-state index in [0.717, 1.165) is 3.57 Å². The Morgan fingerprint density at radius 3 is 2.50 bits per heavy atom. The van der Waals surface area contributed by atoms with E-state index < -0.39 is 12.5 Å². The first kappa shape index (κ1) is 11.5. The van der Waals surface area contributed by atoms with Gasteiger partial charge in [-0.3, -0.25) is 0 Å². The Morgan fingerprint density at radius 2 is 2.00 bits per heavy atom. The van der Waals surface area contributed by atoms with Gasteiger partial charge in [0.2, 0.25) is 5.95 Å². The predicted octanol–water partition coefficient (Wildman–Crippen LogP) is 2.54. The highest BCUT2D eigenvalue weighted by atomic mass is 127. The summed E-state index contributed by atoms with van der Waals surface area (Å²) in [6.45, 7) is 1.01. The summed E-state index contributed by atoms with van der Waals surface area (Å²) in [5, 5.41) is 2.49. The molecule has 14 heavy (non-hydrogen) atoms. The van der Waals surface area contributed by atoms with Crippen molar-refractivity contribution in [3.05, 3.63) is 16.0 Å². The first-order chi connectivity index (χ1) is 6.53. The molecule has 1 rings (SSSR count). The minimum Gasteiger partial charge on any atom is -0.348 e. The number of halogens is 3. The molecule has 1 aromatic rings. The molecule has 0 aliphatic carbocycles. The van der Waals surface area contributed by atoms with E-state index >= 15 is 0 Å². The summed E-state index contributed by atoms with van der Waals surface area (Å²) in [4.78, 5) is 7.71. The summed E-state index contributed by atoms with van der Waals surface area (Å²) in [7, 11) is 0. The van der Waals surface area contributed by atoms with Crippen LogP contribution in [0.25, 0.3) is 0 Å². The van der Waals surface area contributed by atoms with Crippen molar-refractivity contribution in [3.63, 3.8) is 0 Å².